The van der Waals surface area contributed by atoms with Gasteiger partial charge in [-0.1, -0.05) is 58.0 Å². The zero-order valence-corrected chi connectivity index (χ0v) is 15.7. The van der Waals surface area contributed by atoms with Crippen molar-refractivity contribution in [3.05, 3.63) is 22.2 Å². The molecule has 21 heavy (non-hydrogen) atoms. The van der Waals surface area contributed by atoms with Gasteiger partial charge in [0.05, 0.1) is 6.10 Å². The molecule has 0 N–H and O–H groups in total. The highest BCUT2D eigenvalue weighted by Gasteiger charge is 2.24. The average molecular weight is 422 g/mol. The van der Waals surface area contributed by atoms with E-state index in [1.54, 1.807) is 0 Å². The number of unbranched alkanes of at least 4 members (excludes halogenated alkanes) is 3. The predicted octanol–water partition coefficient (Wildman–Crippen LogP) is 5.60. The molecule has 1 aliphatic heterocycles. The third kappa shape index (κ3) is 4.60. The standard InChI is InChI=1S/C16H22Br2O3/c1-3-4-5-6-7-19-16(11(2)17)12-8-14-15(9-13(12)18)21-10-20-14/h8-9,11,16H,3-7,10H2,1-2H3/t11-,16+/m1/s1. The van der Waals surface area contributed by atoms with Gasteiger partial charge in [-0.25, -0.2) is 0 Å². The van der Waals surface area contributed by atoms with E-state index in [9.17, 15) is 0 Å². The van der Waals surface area contributed by atoms with Crippen molar-refractivity contribution in [3.8, 4) is 11.5 Å². The number of halogens is 2. The van der Waals surface area contributed by atoms with Gasteiger partial charge in [0, 0.05) is 21.5 Å². The van der Waals surface area contributed by atoms with Gasteiger partial charge in [-0.2, -0.15) is 0 Å². The third-order valence-electron chi connectivity index (χ3n) is 3.51. The molecule has 0 fully saturated rings. The van der Waals surface area contributed by atoms with Crippen molar-refractivity contribution in [2.24, 2.45) is 0 Å². The Hall–Kier alpha value is -0.260. The van der Waals surface area contributed by atoms with Gasteiger partial charge in [-0.3, -0.25) is 0 Å². The van der Waals surface area contributed by atoms with Crippen LogP contribution < -0.4 is 9.47 Å². The molecule has 0 radical (unpaired) electrons. The molecule has 2 rings (SSSR count). The maximum Gasteiger partial charge on any atom is 0.231 e. The second-order valence-corrected chi connectivity index (χ2v) is 7.56. The van der Waals surface area contributed by atoms with Crippen LogP contribution in [-0.2, 0) is 4.74 Å². The van der Waals surface area contributed by atoms with E-state index in [1.165, 1.54) is 19.3 Å². The van der Waals surface area contributed by atoms with E-state index in [0.717, 1.165) is 34.6 Å². The number of hydrogen-bond acceptors (Lipinski definition) is 3. The minimum atomic E-state index is -0.00417. The minimum absolute atomic E-state index is 0.00417. The first-order valence-corrected chi connectivity index (χ1v) is 9.19. The minimum Gasteiger partial charge on any atom is -0.454 e. The first kappa shape index (κ1) is 17.1. The Kier molecular flexibility index (Phi) is 6.83. The Bertz CT molecular complexity index is 463. The fourth-order valence-electron chi connectivity index (χ4n) is 2.36. The van der Waals surface area contributed by atoms with Crippen LogP contribution in [0.3, 0.4) is 0 Å². The van der Waals surface area contributed by atoms with Crippen LogP contribution in [0.4, 0.5) is 0 Å². The van der Waals surface area contributed by atoms with Gasteiger partial charge in [0.1, 0.15) is 0 Å². The average Bonchev–Trinajstić information content (AvgIpc) is 2.89. The molecular weight excluding hydrogens is 400 g/mol. The summed E-state index contributed by atoms with van der Waals surface area (Å²) in [7, 11) is 0. The van der Waals surface area contributed by atoms with Crippen LogP contribution in [0, 0.1) is 0 Å². The molecule has 0 bridgehead atoms. The molecule has 1 aromatic carbocycles. The van der Waals surface area contributed by atoms with E-state index in [0.29, 0.717) is 0 Å². The van der Waals surface area contributed by atoms with Crippen LogP contribution in [0.5, 0.6) is 11.5 Å². The predicted molar refractivity (Wildman–Crippen MR) is 91.5 cm³/mol. The SMILES string of the molecule is CCCCCCO[C@H](c1cc2c(cc1Br)OCO2)[C@@H](C)Br. The lowest BCUT2D eigenvalue weighted by Crippen LogP contribution is -2.14. The van der Waals surface area contributed by atoms with Gasteiger partial charge in [-0.05, 0) is 25.5 Å². The Labute approximate surface area is 143 Å². The van der Waals surface area contributed by atoms with Crippen molar-refractivity contribution in [1.82, 2.24) is 0 Å². The van der Waals surface area contributed by atoms with E-state index in [2.05, 4.69) is 45.7 Å². The summed E-state index contributed by atoms with van der Waals surface area (Å²) in [6.45, 7) is 5.39. The molecule has 5 heteroatoms. The zero-order chi connectivity index (χ0) is 15.2. The van der Waals surface area contributed by atoms with E-state index in [-0.39, 0.29) is 17.7 Å². The highest BCUT2D eigenvalue weighted by Crippen LogP contribution is 2.41. The van der Waals surface area contributed by atoms with Gasteiger partial charge < -0.3 is 14.2 Å². The number of hydrogen-bond donors (Lipinski definition) is 0. The quantitative estimate of drug-likeness (QED) is 0.403. The van der Waals surface area contributed by atoms with Crippen molar-refractivity contribution in [3.63, 3.8) is 0 Å². The maximum atomic E-state index is 6.10. The smallest absolute Gasteiger partial charge is 0.231 e. The number of fused-ring (bicyclic) bond motifs is 1. The molecule has 0 saturated heterocycles. The molecule has 0 aromatic heterocycles. The fraction of sp³-hybridized carbons (Fsp3) is 0.625. The van der Waals surface area contributed by atoms with E-state index in [1.807, 2.05) is 12.1 Å². The van der Waals surface area contributed by atoms with E-state index in [4.69, 9.17) is 14.2 Å². The molecule has 0 spiro atoms. The van der Waals surface area contributed by atoms with Crippen LogP contribution in [0.25, 0.3) is 0 Å². The van der Waals surface area contributed by atoms with Gasteiger partial charge in [0.15, 0.2) is 11.5 Å². The van der Waals surface area contributed by atoms with Crippen molar-refractivity contribution in [2.45, 2.75) is 50.5 Å². The van der Waals surface area contributed by atoms with Crippen molar-refractivity contribution >= 4 is 31.9 Å². The first-order chi connectivity index (χ1) is 10.1. The van der Waals surface area contributed by atoms with Crippen LogP contribution in [0.1, 0.15) is 51.2 Å². The summed E-state index contributed by atoms with van der Waals surface area (Å²) >= 11 is 7.27. The number of rotatable bonds is 8. The second kappa shape index (κ2) is 8.39. The molecule has 0 aliphatic carbocycles. The molecule has 1 aromatic rings. The summed E-state index contributed by atoms with van der Waals surface area (Å²) in [5, 5.41) is 0. The van der Waals surface area contributed by atoms with Gasteiger partial charge in [0.25, 0.3) is 0 Å². The molecule has 118 valence electrons. The van der Waals surface area contributed by atoms with Crippen LogP contribution in [0.2, 0.25) is 0 Å². The largest absolute Gasteiger partial charge is 0.454 e. The second-order valence-electron chi connectivity index (χ2n) is 5.26. The van der Waals surface area contributed by atoms with Gasteiger partial charge in [0.2, 0.25) is 6.79 Å². The topological polar surface area (TPSA) is 27.7 Å². The van der Waals surface area contributed by atoms with Crippen LogP contribution in [-0.4, -0.2) is 18.2 Å². The summed E-state index contributed by atoms with van der Waals surface area (Å²) in [6, 6.07) is 3.97. The highest BCUT2D eigenvalue weighted by atomic mass is 79.9. The molecule has 1 heterocycles. The van der Waals surface area contributed by atoms with Crippen molar-refractivity contribution in [1.29, 1.82) is 0 Å². The van der Waals surface area contributed by atoms with E-state index >= 15 is 0 Å². The van der Waals surface area contributed by atoms with Gasteiger partial charge in [-0.15, -0.1) is 0 Å². The number of alkyl halides is 1. The third-order valence-corrected chi connectivity index (χ3v) is 4.68. The molecular formula is C16H22Br2O3. The van der Waals surface area contributed by atoms with E-state index < -0.39 is 0 Å². The van der Waals surface area contributed by atoms with Crippen LogP contribution >= 0.6 is 31.9 Å². The Morgan fingerprint density at radius 3 is 2.57 bits per heavy atom. The fourth-order valence-corrected chi connectivity index (χ4v) is 3.35. The maximum absolute atomic E-state index is 6.10. The normalized spacial score (nSPS) is 16.0. The van der Waals surface area contributed by atoms with Crippen molar-refractivity contribution < 1.29 is 14.2 Å². The first-order valence-electron chi connectivity index (χ1n) is 7.48. The molecule has 3 nitrogen and oxygen atoms in total. The lowest BCUT2D eigenvalue weighted by molar-refractivity contribution is 0.0517. The molecule has 0 amide bonds. The molecule has 0 saturated carbocycles. The summed E-state index contributed by atoms with van der Waals surface area (Å²) in [5.41, 5.74) is 1.10. The Balaban J connectivity index is 2.04. The summed E-state index contributed by atoms with van der Waals surface area (Å²) < 4.78 is 18.0. The molecule has 2 atom stereocenters. The molecule has 1 aliphatic rings. The Morgan fingerprint density at radius 1 is 1.19 bits per heavy atom. The van der Waals surface area contributed by atoms with Gasteiger partial charge >= 0.3 is 0 Å². The highest BCUT2D eigenvalue weighted by molar-refractivity contribution is 9.10. The van der Waals surface area contributed by atoms with Crippen LogP contribution in [0.15, 0.2) is 16.6 Å². The lowest BCUT2D eigenvalue weighted by atomic mass is 10.1. The molecule has 0 unspecified atom stereocenters. The lowest BCUT2D eigenvalue weighted by Gasteiger charge is -2.22. The summed E-state index contributed by atoms with van der Waals surface area (Å²) in [6.07, 6.45) is 4.84. The Morgan fingerprint density at radius 2 is 1.90 bits per heavy atom. The zero-order valence-electron chi connectivity index (χ0n) is 12.5. The summed E-state index contributed by atoms with van der Waals surface area (Å²) in [5.74, 6) is 1.58. The number of benzene rings is 1. The van der Waals surface area contributed by atoms with Crippen molar-refractivity contribution in [2.75, 3.05) is 13.4 Å². The monoisotopic (exact) mass is 420 g/mol. The summed E-state index contributed by atoms with van der Waals surface area (Å²) in [4.78, 5) is 0.223. The number of ether oxygens (including phenoxy) is 3.